The van der Waals surface area contributed by atoms with E-state index in [4.69, 9.17) is 11.6 Å². The van der Waals surface area contributed by atoms with Gasteiger partial charge in [-0.15, -0.1) is 0 Å². The Morgan fingerprint density at radius 3 is 2.65 bits per heavy atom. The van der Waals surface area contributed by atoms with Gasteiger partial charge in [-0.05, 0) is 48.7 Å². The maximum atomic E-state index is 6.35. The van der Waals surface area contributed by atoms with Gasteiger partial charge in [-0.1, -0.05) is 64.8 Å². The van der Waals surface area contributed by atoms with Crippen LogP contribution in [0.3, 0.4) is 0 Å². The highest BCUT2D eigenvalue weighted by atomic mass is 79.9. The molecule has 0 fully saturated rings. The Hall–Kier alpha value is -0.830. The van der Waals surface area contributed by atoms with Crippen molar-refractivity contribution in [2.45, 2.75) is 25.8 Å². The van der Waals surface area contributed by atoms with E-state index in [1.54, 1.807) is 0 Å². The highest BCUT2D eigenvalue weighted by Gasteiger charge is 2.14. The van der Waals surface area contributed by atoms with Crippen LogP contribution in [-0.4, -0.2) is 6.54 Å². The second-order valence-electron chi connectivity index (χ2n) is 4.86. The normalized spacial score (nSPS) is 12.3. The first-order valence-electron chi connectivity index (χ1n) is 6.93. The maximum absolute atomic E-state index is 6.35. The van der Waals surface area contributed by atoms with Gasteiger partial charge in [0.2, 0.25) is 0 Å². The molecule has 0 heterocycles. The molecule has 2 aromatic carbocycles. The first kappa shape index (κ1) is 15.6. The summed E-state index contributed by atoms with van der Waals surface area (Å²) in [6.07, 6.45) is 2.04. The number of hydrogen-bond donors (Lipinski definition) is 1. The zero-order valence-electron chi connectivity index (χ0n) is 11.6. The van der Waals surface area contributed by atoms with Crippen LogP contribution in [0.15, 0.2) is 53.0 Å². The molecule has 106 valence electrons. The Morgan fingerprint density at radius 1 is 1.15 bits per heavy atom. The molecular formula is C17H19BrClN. The molecule has 0 aliphatic heterocycles. The molecule has 1 N–H and O–H groups in total. The van der Waals surface area contributed by atoms with Crippen LogP contribution < -0.4 is 5.32 Å². The molecule has 3 heteroatoms. The predicted molar refractivity (Wildman–Crippen MR) is 90.3 cm³/mol. The smallest absolute Gasteiger partial charge is 0.0453 e. The van der Waals surface area contributed by atoms with Gasteiger partial charge >= 0.3 is 0 Å². The van der Waals surface area contributed by atoms with Crippen LogP contribution in [0.1, 0.15) is 30.5 Å². The van der Waals surface area contributed by atoms with E-state index < -0.39 is 0 Å². The topological polar surface area (TPSA) is 12.0 Å². The van der Waals surface area contributed by atoms with Crippen molar-refractivity contribution < 1.29 is 0 Å². The number of halogens is 2. The van der Waals surface area contributed by atoms with Crippen LogP contribution in [0.5, 0.6) is 0 Å². The maximum Gasteiger partial charge on any atom is 0.0453 e. The molecule has 0 aliphatic rings. The van der Waals surface area contributed by atoms with E-state index in [1.165, 1.54) is 11.1 Å². The van der Waals surface area contributed by atoms with Gasteiger partial charge in [-0.2, -0.15) is 0 Å². The zero-order chi connectivity index (χ0) is 14.4. The first-order valence-corrected chi connectivity index (χ1v) is 8.10. The third-order valence-corrected chi connectivity index (χ3v) is 4.09. The fraction of sp³-hybridized carbons (Fsp3) is 0.294. The lowest BCUT2D eigenvalue weighted by molar-refractivity contribution is 0.529. The molecule has 1 nitrogen and oxygen atoms in total. The van der Waals surface area contributed by atoms with Crippen molar-refractivity contribution in [3.8, 4) is 0 Å². The highest BCUT2D eigenvalue weighted by Crippen LogP contribution is 2.26. The molecule has 0 aliphatic carbocycles. The third-order valence-electron chi connectivity index (χ3n) is 3.25. The van der Waals surface area contributed by atoms with Crippen LogP contribution >= 0.6 is 27.5 Å². The fourth-order valence-electron chi connectivity index (χ4n) is 2.27. The van der Waals surface area contributed by atoms with Crippen molar-refractivity contribution >= 4 is 27.5 Å². The minimum absolute atomic E-state index is 0.248. The Bertz CT molecular complexity index is 556. The Balaban J connectivity index is 2.22. The number of rotatable bonds is 6. The molecule has 2 rings (SSSR count). The summed E-state index contributed by atoms with van der Waals surface area (Å²) in [7, 11) is 0. The Morgan fingerprint density at radius 2 is 1.95 bits per heavy atom. The van der Waals surface area contributed by atoms with E-state index in [2.05, 4.69) is 52.4 Å². The molecule has 2 aromatic rings. The standard InChI is InChI=1S/C17H19BrClN/c1-2-10-20-17(15-8-3-4-9-16(15)19)12-13-6-5-7-14(18)11-13/h3-9,11,17,20H,2,10,12H2,1H3. The summed E-state index contributed by atoms with van der Waals surface area (Å²) < 4.78 is 1.11. The third kappa shape index (κ3) is 4.34. The van der Waals surface area contributed by atoms with Crippen LogP contribution in [0, 0.1) is 0 Å². The summed E-state index contributed by atoms with van der Waals surface area (Å²) in [5.41, 5.74) is 2.47. The molecule has 1 atom stereocenters. The molecule has 0 aromatic heterocycles. The van der Waals surface area contributed by atoms with Crippen LogP contribution in [0.2, 0.25) is 5.02 Å². The number of hydrogen-bond acceptors (Lipinski definition) is 1. The number of nitrogens with one attached hydrogen (secondary N) is 1. The Kier molecular flexibility index (Phi) is 6.08. The molecule has 0 amide bonds. The average Bonchev–Trinajstić information content (AvgIpc) is 2.44. The van der Waals surface area contributed by atoms with Crippen molar-refractivity contribution in [2.24, 2.45) is 0 Å². The molecule has 1 unspecified atom stereocenters. The van der Waals surface area contributed by atoms with Gasteiger partial charge < -0.3 is 5.32 Å². The minimum atomic E-state index is 0.248. The predicted octanol–water partition coefficient (Wildman–Crippen LogP) is 5.39. The highest BCUT2D eigenvalue weighted by molar-refractivity contribution is 9.10. The van der Waals surface area contributed by atoms with Gasteiger partial charge in [0.15, 0.2) is 0 Å². The van der Waals surface area contributed by atoms with Crippen molar-refractivity contribution in [2.75, 3.05) is 6.54 Å². The second-order valence-corrected chi connectivity index (χ2v) is 6.19. The molecule has 0 radical (unpaired) electrons. The van der Waals surface area contributed by atoms with Crippen molar-refractivity contribution in [1.82, 2.24) is 5.32 Å². The summed E-state index contributed by atoms with van der Waals surface area (Å²) >= 11 is 9.88. The SMILES string of the molecule is CCCNC(Cc1cccc(Br)c1)c1ccccc1Cl. The van der Waals surface area contributed by atoms with Crippen molar-refractivity contribution in [3.05, 3.63) is 69.2 Å². The molecular weight excluding hydrogens is 334 g/mol. The van der Waals surface area contributed by atoms with Crippen LogP contribution in [0.4, 0.5) is 0 Å². The van der Waals surface area contributed by atoms with E-state index in [-0.39, 0.29) is 6.04 Å². The van der Waals surface area contributed by atoms with Gasteiger partial charge in [0.1, 0.15) is 0 Å². The van der Waals surface area contributed by atoms with Crippen LogP contribution in [-0.2, 0) is 6.42 Å². The van der Waals surface area contributed by atoms with Crippen molar-refractivity contribution in [1.29, 1.82) is 0 Å². The van der Waals surface area contributed by atoms with Gasteiger partial charge in [0.05, 0.1) is 0 Å². The number of benzene rings is 2. The fourth-order valence-corrected chi connectivity index (χ4v) is 2.98. The molecule has 0 saturated heterocycles. The van der Waals surface area contributed by atoms with Gasteiger partial charge in [0, 0.05) is 15.5 Å². The zero-order valence-corrected chi connectivity index (χ0v) is 13.9. The van der Waals surface area contributed by atoms with Crippen LogP contribution in [0.25, 0.3) is 0 Å². The summed E-state index contributed by atoms with van der Waals surface area (Å²) in [4.78, 5) is 0. The molecule has 0 bridgehead atoms. The second kappa shape index (κ2) is 7.82. The van der Waals surface area contributed by atoms with E-state index in [0.717, 1.165) is 28.9 Å². The van der Waals surface area contributed by atoms with Gasteiger partial charge in [-0.25, -0.2) is 0 Å². The lowest BCUT2D eigenvalue weighted by Gasteiger charge is -2.20. The molecule has 20 heavy (non-hydrogen) atoms. The lowest BCUT2D eigenvalue weighted by atomic mass is 9.98. The van der Waals surface area contributed by atoms with Crippen molar-refractivity contribution in [3.63, 3.8) is 0 Å². The first-order chi connectivity index (χ1) is 9.70. The van der Waals surface area contributed by atoms with E-state index in [9.17, 15) is 0 Å². The molecule has 0 spiro atoms. The van der Waals surface area contributed by atoms with Gasteiger partial charge in [-0.3, -0.25) is 0 Å². The summed E-state index contributed by atoms with van der Waals surface area (Å²) in [5.74, 6) is 0. The summed E-state index contributed by atoms with van der Waals surface area (Å²) in [6, 6.07) is 16.8. The van der Waals surface area contributed by atoms with E-state index in [1.807, 2.05) is 24.3 Å². The lowest BCUT2D eigenvalue weighted by Crippen LogP contribution is -2.24. The Labute approximate surface area is 134 Å². The summed E-state index contributed by atoms with van der Waals surface area (Å²) in [6.45, 7) is 3.17. The summed E-state index contributed by atoms with van der Waals surface area (Å²) in [5, 5.41) is 4.42. The minimum Gasteiger partial charge on any atom is -0.310 e. The van der Waals surface area contributed by atoms with E-state index in [0.29, 0.717) is 0 Å². The van der Waals surface area contributed by atoms with Gasteiger partial charge in [0.25, 0.3) is 0 Å². The monoisotopic (exact) mass is 351 g/mol. The average molecular weight is 353 g/mol. The molecule has 0 saturated carbocycles. The largest absolute Gasteiger partial charge is 0.310 e. The van der Waals surface area contributed by atoms with E-state index >= 15 is 0 Å². The quantitative estimate of drug-likeness (QED) is 0.735.